The molecule has 0 amide bonds. The molecule has 0 saturated heterocycles. The molecular formula is C16H20O. The number of carbonyl (C=O) groups excluding carboxylic acids is 1. The maximum atomic E-state index is 12.5. The van der Waals surface area contributed by atoms with Crippen molar-refractivity contribution in [2.75, 3.05) is 0 Å². The zero-order valence-electron chi connectivity index (χ0n) is 10.7. The van der Waals surface area contributed by atoms with E-state index >= 15 is 0 Å². The first-order valence-corrected chi connectivity index (χ1v) is 6.27. The Morgan fingerprint density at radius 2 is 1.94 bits per heavy atom. The Bertz CT molecular complexity index is 399. The lowest BCUT2D eigenvalue weighted by Gasteiger charge is -2.25. The van der Waals surface area contributed by atoms with Gasteiger partial charge >= 0.3 is 0 Å². The first kappa shape index (κ1) is 13.5. The van der Waals surface area contributed by atoms with Crippen molar-refractivity contribution in [2.24, 2.45) is 5.41 Å². The van der Waals surface area contributed by atoms with Crippen LogP contribution in [0.25, 0.3) is 0 Å². The largest absolute Gasteiger partial charge is 0.292 e. The minimum atomic E-state index is -0.614. The third-order valence-corrected chi connectivity index (χ3v) is 3.31. The number of hydrogen-bond donors (Lipinski definition) is 0. The van der Waals surface area contributed by atoms with E-state index in [1.54, 1.807) is 0 Å². The summed E-state index contributed by atoms with van der Waals surface area (Å²) >= 11 is 0. The molecule has 1 aromatic rings. The average Bonchev–Trinajstić information content (AvgIpc) is 2.41. The normalized spacial score (nSPS) is 13.7. The van der Waals surface area contributed by atoms with Gasteiger partial charge in [-0.1, -0.05) is 62.9 Å². The summed E-state index contributed by atoms with van der Waals surface area (Å²) in [7, 11) is 0. The van der Waals surface area contributed by atoms with Crippen LogP contribution in [0.3, 0.4) is 0 Å². The van der Waals surface area contributed by atoms with E-state index in [4.69, 9.17) is 6.42 Å². The molecule has 0 fully saturated rings. The van der Waals surface area contributed by atoms with Gasteiger partial charge in [-0.3, -0.25) is 4.79 Å². The van der Waals surface area contributed by atoms with E-state index in [0.29, 0.717) is 6.42 Å². The van der Waals surface area contributed by atoms with Crippen molar-refractivity contribution in [3.63, 3.8) is 0 Å². The Morgan fingerprint density at radius 1 is 1.29 bits per heavy atom. The van der Waals surface area contributed by atoms with Gasteiger partial charge in [0.2, 0.25) is 0 Å². The van der Waals surface area contributed by atoms with Crippen LogP contribution in [0.2, 0.25) is 0 Å². The summed E-state index contributed by atoms with van der Waals surface area (Å²) < 4.78 is 0. The Labute approximate surface area is 104 Å². The summed E-state index contributed by atoms with van der Waals surface area (Å²) in [6.45, 7) is 4.11. The van der Waals surface area contributed by atoms with Crippen LogP contribution in [0.4, 0.5) is 0 Å². The fourth-order valence-corrected chi connectivity index (χ4v) is 2.04. The standard InChI is InChI=1S/C16H20O/c1-4-7-13-16(5-2,6-3)15(17)14-11-9-8-10-12-14/h2,8-12H,4,6-7,13H2,1,3H3. The Balaban J connectivity index is 3.00. The molecule has 0 aromatic heterocycles. The zero-order valence-corrected chi connectivity index (χ0v) is 10.7. The van der Waals surface area contributed by atoms with Gasteiger partial charge in [0.1, 0.15) is 0 Å². The highest BCUT2D eigenvalue weighted by molar-refractivity contribution is 6.02. The maximum Gasteiger partial charge on any atom is 0.180 e. The molecule has 90 valence electrons. The van der Waals surface area contributed by atoms with Crippen LogP contribution in [-0.2, 0) is 0 Å². The molecule has 1 atom stereocenters. The average molecular weight is 228 g/mol. The molecule has 0 radical (unpaired) electrons. The molecule has 0 spiro atoms. The summed E-state index contributed by atoms with van der Waals surface area (Å²) in [5.41, 5.74) is 0.112. The Morgan fingerprint density at radius 3 is 2.41 bits per heavy atom. The number of unbranched alkanes of at least 4 members (excludes halogenated alkanes) is 1. The van der Waals surface area contributed by atoms with Gasteiger partial charge < -0.3 is 0 Å². The molecule has 0 heterocycles. The van der Waals surface area contributed by atoms with Gasteiger partial charge in [0.15, 0.2) is 5.78 Å². The highest BCUT2D eigenvalue weighted by atomic mass is 16.1. The monoisotopic (exact) mass is 228 g/mol. The smallest absolute Gasteiger partial charge is 0.180 e. The number of terminal acetylenes is 1. The van der Waals surface area contributed by atoms with Crippen molar-refractivity contribution in [1.29, 1.82) is 0 Å². The minimum Gasteiger partial charge on any atom is -0.292 e. The van der Waals surface area contributed by atoms with Gasteiger partial charge in [-0.05, 0) is 12.8 Å². The summed E-state index contributed by atoms with van der Waals surface area (Å²) in [6, 6.07) is 9.35. The SMILES string of the molecule is C#CC(CC)(CCCC)C(=O)c1ccccc1. The van der Waals surface area contributed by atoms with E-state index in [1.807, 2.05) is 37.3 Å². The molecule has 1 heteroatoms. The predicted octanol–water partition coefficient (Wildman–Crippen LogP) is 4.09. The number of hydrogen-bond acceptors (Lipinski definition) is 1. The number of carbonyl (C=O) groups is 1. The van der Waals surface area contributed by atoms with Gasteiger partial charge in [-0.25, -0.2) is 0 Å². The van der Waals surface area contributed by atoms with Crippen molar-refractivity contribution in [3.05, 3.63) is 35.9 Å². The topological polar surface area (TPSA) is 17.1 Å². The van der Waals surface area contributed by atoms with Crippen molar-refractivity contribution >= 4 is 5.78 Å². The van der Waals surface area contributed by atoms with Crippen molar-refractivity contribution < 1.29 is 4.79 Å². The maximum absolute atomic E-state index is 12.5. The molecule has 0 aliphatic rings. The van der Waals surface area contributed by atoms with E-state index < -0.39 is 5.41 Å². The first-order valence-electron chi connectivity index (χ1n) is 6.27. The number of benzene rings is 1. The van der Waals surface area contributed by atoms with Gasteiger partial charge in [0.05, 0.1) is 5.41 Å². The van der Waals surface area contributed by atoms with Crippen molar-refractivity contribution in [1.82, 2.24) is 0 Å². The number of ketones is 1. The van der Waals surface area contributed by atoms with Gasteiger partial charge in [0.25, 0.3) is 0 Å². The number of Topliss-reactive ketones (excluding diaryl/α,β-unsaturated/α-hetero) is 1. The highest BCUT2D eigenvalue weighted by Crippen LogP contribution is 2.32. The fourth-order valence-electron chi connectivity index (χ4n) is 2.04. The lowest BCUT2D eigenvalue weighted by molar-refractivity contribution is 0.0843. The van der Waals surface area contributed by atoms with Crippen LogP contribution in [0.1, 0.15) is 49.9 Å². The summed E-state index contributed by atoms with van der Waals surface area (Å²) in [6.07, 6.45) is 9.17. The van der Waals surface area contributed by atoms with E-state index in [1.165, 1.54) is 0 Å². The van der Waals surface area contributed by atoms with Crippen LogP contribution < -0.4 is 0 Å². The van der Waals surface area contributed by atoms with E-state index in [0.717, 1.165) is 24.8 Å². The second kappa shape index (κ2) is 6.25. The summed E-state index contributed by atoms with van der Waals surface area (Å²) in [5, 5.41) is 0. The molecule has 1 rings (SSSR count). The van der Waals surface area contributed by atoms with Crippen molar-refractivity contribution in [3.8, 4) is 12.3 Å². The zero-order chi connectivity index (χ0) is 12.7. The Kier molecular flexibility index (Phi) is 4.97. The molecule has 1 unspecified atom stereocenters. The fraction of sp³-hybridized carbons (Fsp3) is 0.438. The second-order valence-corrected chi connectivity index (χ2v) is 4.38. The molecule has 17 heavy (non-hydrogen) atoms. The molecule has 0 aliphatic heterocycles. The van der Waals surface area contributed by atoms with Crippen LogP contribution in [0.5, 0.6) is 0 Å². The lowest BCUT2D eigenvalue weighted by Crippen LogP contribution is -2.29. The molecule has 0 saturated carbocycles. The molecule has 0 aliphatic carbocycles. The van der Waals surface area contributed by atoms with Crippen molar-refractivity contribution in [2.45, 2.75) is 39.5 Å². The van der Waals surface area contributed by atoms with Gasteiger partial charge in [0, 0.05) is 5.56 Å². The van der Waals surface area contributed by atoms with Crippen LogP contribution >= 0.6 is 0 Å². The second-order valence-electron chi connectivity index (χ2n) is 4.38. The molecule has 0 bridgehead atoms. The first-order chi connectivity index (χ1) is 8.20. The minimum absolute atomic E-state index is 0.0940. The summed E-state index contributed by atoms with van der Waals surface area (Å²) in [4.78, 5) is 12.5. The van der Waals surface area contributed by atoms with Gasteiger partial charge in [-0.15, -0.1) is 6.42 Å². The number of rotatable bonds is 6. The lowest BCUT2D eigenvalue weighted by atomic mass is 9.75. The van der Waals surface area contributed by atoms with E-state index in [2.05, 4.69) is 12.8 Å². The highest BCUT2D eigenvalue weighted by Gasteiger charge is 2.34. The van der Waals surface area contributed by atoms with Gasteiger partial charge in [-0.2, -0.15) is 0 Å². The molecule has 1 aromatic carbocycles. The van der Waals surface area contributed by atoms with E-state index in [9.17, 15) is 4.79 Å². The third-order valence-electron chi connectivity index (χ3n) is 3.31. The molecular weight excluding hydrogens is 208 g/mol. The Hall–Kier alpha value is -1.55. The summed E-state index contributed by atoms with van der Waals surface area (Å²) in [5.74, 6) is 2.84. The third kappa shape index (κ3) is 2.97. The molecule has 1 nitrogen and oxygen atoms in total. The van der Waals surface area contributed by atoms with Crippen LogP contribution in [-0.4, -0.2) is 5.78 Å². The van der Waals surface area contributed by atoms with Crippen LogP contribution in [0, 0.1) is 17.8 Å². The van der Waals surface area contributed by atoms with E-state index in [-0.39, 0.29) is 5.78 Å². The van der Waals surface area contributed by atoms with Crippen LogP contribution in [0.15, 0.2) is 30.3 Å². The molecule has 0 N–H and O–H groups in total. The predicted molar refractivity (Wildman–Crippen MR) is 71.9 cm³/mol. The quantitative estimate of drug-likeness (QED) is 0.529.